The lowest BCUT2D eigenvalue weighted by atomic mass is 9.86. The summed E-state index contributed by atoms with van der Waals surface area (Å²) in [5.41, 5.74) is 7.02. The molecule has 0 bridgehead atoms. The highest BCUT2D eigenvalue weighted by Gasteiger charge is 2.13. The summed E-state index contributed by atoms with van der Waals surface area (Å²) < 4.78 is 0. The van der Waals surface area contributed by atoms with Gasteiger partial charge in [-0.1, -0.05) is 102 Å². The maximum Gasteiger partial charge on any atom is 0.0886 e. The van der Waals surface area contributed by atoms with Gasteiger partial charge in [0.05, 0.1) is 11.4 Å². The minimum atomic E-state index is 0.163. The van der Waals surface area contributed by atoms with Crippen molar-refractivity contribution in [3.05, 3.63) is 94.6 Å². The van der Waals surface area contributed by atoms with Gasteiger partial charge in [-0.3, -0.25) is 9.97 Å². The molecule has 0 aliphatic heterocycles. The van der Waals surface area contributed by atoms with Crippen molar-refractivity contribution < 1.29 is 0 Å². The van der Waals surface area contributed by atoms with Crippen LogP contribution in [-0.2, 0) is 10.8 Å². The molecule has 3 aromatic rings. The molecule has 2 aromatic carbocycles. The highest BCUT2D eigenvalue weighted by atomic mass is 14.8. The van der Waals surface area contributed by atoms with E-state index in [0.29, 0.717) is 0 Å². The van der Waals surface area contributed by atoms with E-state index in [4.69, 9.17) is 0 Å². The summed E-state index contributed by atoms with van der Waals surface area (Å²) in [7, 11) is 0. The van der Waals surface area contributed by atoms with E-state index in [0.717, 1.165) is 22.5 Å². The lowest BCUT2D eigenvalue weighted by Crippen LogP contribution is -2.10. The van der Waals surface area contributed by atoms with E-state index in [1.807, 2.05) is 12.2 Å². The molecule has 2 nitrogen and oxygen atoms in total. The average molecular weight is 397 g/mol. The van der Waals surface area contributed by atoms with Crippen molar-refractivity contribution in [1.29, 1.82) is 0 Å². The van der Waals surface area contributed by atoms with Crippen molar-refractivity contribution in [3.63, 3.8) is 0 Å². The van der Waals surface area contributed by atoms with E-state index < -0.39 is 0 Å². The number of nitrogens with zero attached hydrogens (tertiary/aromatic N) is 2. The van der Waals surface area contributed by atoms with Crippen LogP contribution in [0.3, 0.4) is 0 Å². The van der Waals surface area contributed by atoms with E-state index in [-0.39, 0.29) is 10.8 Å². The third-order valence-electron chi connectivity index (χ3n) is 5.18. The lowest BCUT2D eigenvalue weighted by Gasteiger charge is -2.18. The zero-order chi connectivity index (χ0) is 21.8. The normalized spacial score (nSPS) is 12.7. The van der Waals surface area contributed by atoms with Gasteiger partial charge in [0.1, 0.15) is 0 Å². The van der Waals surface area contributed by atoms with Gasteiger partial charge in [0.25, 0.3) is 0 Å². The zero-order valence-electron chi connectivity index (χ0n) is 19.0. The molecule has 2 heteroatoms. The fourth-order valence-electron chi connectivity index (χ4n) is 3.16. The summed E-state index contributed by atoms with van der Waals surface area (Å²) in [5, 5.41) is 0. The Morgan fingerprint density at radius 3 is 1.13 bits per heavy atom. The molecule has 0 amide bonds. The molecule has 0 aliphatic carbocycles. The highest BCUT2D eigenvalue weighted by molar-refractivity contribution is 5.76. The minimum absolute atomic E-state index is 0.163. The van der Waals surface area contributed by atoms with Crippen molar-refractivity contribution in [3.8, 4) is 0 Å². The molecular formula is C28H32N2. The Hall–Kier alpha value is -3.00. The second-order valence-electron chi connectivity index (χ2n) is 9.74. The molecule has 0 N–H and O–H groups in total. The average Bonchev–Trinajstić information content (AvgIpc) is 2.70. The maximum absolute atomic E-state index is 4.51. The van der Waals surface area contributed by atoms with Gasteiger partial charge in [-0.2, -0.15) is 0 Å². The molecule has 0 aliphatic rings. The molecule has 0 unspecified atom stereocenters. The van der Waals surface area contributed by atoms with E-state index in [1.54, 1.807) is 12.4 Å². The molecule has 1 heterocycles. The van der Waals surface area contributed by atoms with Gasteiger partial charge in [-0.15, -0.1) is 0 Å². The second-order valence-corrected chi connectivity index (χ2v) is 9.74. The molecule has 0 radical (unpaired) electrons. The van der Waals surface area contributed by atoms with Crippen LogP contribution in [0.4, 0.5) is 0 Å². The van der Waals surface area contributed by atoms with Crippen LogP contribution < -0.4 is 0 Å². The molecule has 3 rings (SSSR count). The molecule has 0 fully saturated rings. The first kappa shape index (κ1) is 21.7. The van der Waals surface area contributed by atoms with E-state index in [1.165, 1.54) is 11.1 Å². The Morgan fingerprint density at radius 1 is 0.500 bits per heavy atom. The molecule has 0 atom stereocenters. The van der Waals surface area contributed by atoms with Crippen LogP contribution in [-0.4, -0.2) is 9.97 Å². The summed E-state index contributed by atoms with van der Waals surface area (Å²) >= 11 is 0. The highest BCUT2D eigenvalue weighted by Crippen LogP contribution is 2.24. The van der Waals surface area contributed by atoms with Crippen LogP contribution in [0.15, 0.2) is 60.9 Å². The Bertz CT molecular complexity index is 939. The Morgan fingerprint density at radius 2 is 0.833 bits per heavy atom. The smallest absolute Gasteiger partial charge is 0.0886 e. The van der Waals surface area contributed by atoms with Crippen molar-refractivity contribution in [2.24, 2.45) is 0 Å². The fraction of sp³-hybridized carbons (Fsp3) is 0.286. The summed E-state index contributed by atoms with van der Waals surface area (Å²) in [6, 6.07) is 17.4. The van der Waals surface area contributed by atoms with Crippen molar-refractivity contribution in [2.45, 2.75) is 52.4 Å². The first-order valence-corrected chi connectivity index (χ1v) is 10.5. The van der Waals surface area contributed by atoms with Crippen molar-refractivity contribution in [1.82, 2.24) is 9.97 Å². The third kappa shape index (κ3) is 5.76. The summed E-state index contributed by atoms with van der Waals surface area (Å²) in [4.78, 5) is 9.02. The molecule has 0 spiro atoms. The molecule has 0 saturated heterocycles. The van der Waals surface area contributed by atoms with Crippen molar-refractivity contribution in [2.75, 3.05) is 0 Å². The maximum atomic E-state index is 4.51. The Balaban J connectivity index is 1.77. The SMILES string of the molecule is CC(C)(C)c1ccc(/C=C/c2nccnc2/C=C/c2ccc(C(C)(C)C)cc2)cc1. The van der Waals surface area contributed by atoms with Gasteiger partial charge in [0, 0.05) is 12.4 Å². The largest absolute Gasteiger partial charge is 0.253 e. The number of rotatable bonds is 4. The summed E-state index contributed by atoms with van der Waals surface area (Å²) in [5.74, 6) is 0. The van der Waals surface area contributed by atoms with Gasteiger partial charge in [-0.05, 0) is 45.2 Å². The van der Waals surface area contributed by atoms with Crippen LogP contribution in [0.25, 0.3) is 24.3 Å². The van der Waals surface area contributed by atoms with Crippen LogP contribution in [0, 0.1) is 0 Å². The summed E-state index contributed by atoms with van der Waals surface area (Å²) in [6.07, 6.45) is 11.7. The van der Waals surface area contributed by atoms with Crippen LogP contribution in [0.1, 0.15) is 75.2 Å². The molecule has 154 valence electrons. The predicted molar refractivity (Wildman–Crippen MR) is 130 cm³/mol. The third-order valence-corrected chi connectivity index (χ3v) is 5.18. The number of hydrogen-bond acceptors (Lipinski definition) is 2. The lowest BCUT2D eigenvalue weighted by molar-refractivity contribution is 0.590. The quantitative estimate of drug-likeness (QED) is 0.459. The molecule has 30 heavy (non-hydrogen) atoms. The van der Waals surface area contributed by atoms with E-state index >= 15 is 0 Å². The minimum Gasteiger partial charge on any atom is -0.253 e. The van der Waals surface area contributed by atoms with Gasteiger partial charge in [0.15, 0.2) is 0 Å². The zero-order valence-corrected chi connectivity index (χ0v) is 19.0. The van der Waals surface area contributed by atoms with Crippen LogP contribution in [0.5, 0.6) is 0 Å². The number of benzene rings is 2. The number of aromatic nitrogens is 2. The number of hydrogen-bond donors (Lipinski definition) is 0. The van der Waals surface area contributed by atoms with Gasteiger partial charge >= 0.3 is 0 Å². The second kappa shape index (κ2) is 8.79. The van der Waals surface area contributed by atoms with Gasteiger partial charge in [0.2, 0.25) is 0 Å². The first-order chi connectivity index (χ1) is 14.1. The van der Waals surface area contributed by atoms with E-state index in [2.05, 4.69) is 112 Å². The monoisotopic (exact) mass is 396 g/mol. The van der Waals surface area contributed by atoms with Gasteiger partial charge in [-0.25, -0.2) is 0 Å². The topological polar surface area (TPSA) is 25.8 Å². The van der Waals surface area contributed by atoms with Crippen molar-refractivity contribution >= 4 is 24.3 Å². The van der Waals surface area contributed by atoms with Gasteiger partial charge < -0.3 is 0 Å². The fourth-order valence-corrected chi connectivity index (χ4v) is 3.16. The first-order valence-electron chi connectivity index (χ1n) is 10.5. The van der Waals surface area contributed by atoms with Crippen LogP contribution in [0.2, 0.25) is 0 Å². The molecule has 0 saturated carbocycles. The van der Waals surface area contributed by atoms with Crippen LogP contribution >= 0.6 is 0 Å². The van der Waals surface area contributed by atoms with E-state index in [9.17, 15) is 0 Å². The summed E-state index contributed by atoms with van der Waals surface area (Å²) in [6.45, 7) is 13.4. The Kier molecular flexibility index (Phi) is 6.36. The molecular weight excluding hydrogens is 364 g/mol. The molecule has 1 aromatic heterocycles. The predicted octanol–water partition coefficient (Wildman–Crippen LogP) is 7.41. The Labute approximate surface area is 181 Å². The standard InChI is InChI=1S/C28H32N2/c1-27(2,3)23-13-7-21(8-14-23)11-17-25-26(30-20-19-29-25)18-12-22-9-15-24(16-10-22)28(4,5)6/h7-20H,1-6H3/b17-11+,18-12+.